The summed E-state index contributed by atoms with van der Waals surface area (Å²) in [5.74, 6) is 0. The maximum absolute atomic E-state index is 12.9. The molecule has 4 nitrogen and oxygen atoms in total. The van der Waals surface area contributed by atoms with Crippen molar-refractivity contribution in [3.05, 3.63) is 65.7 Å². The summed E-state index contributed by atoms with van der Waals surface area (Å²) < 4.78 is 28.6. The molecule has 0 amide bonds. The number of rotatable bonds is 5. The van der Waals surface area contributed by atoms with E-state index in [0.29, 0.717) is 0 Å². The lowest BCUT2D eigenvalue weighted by Gasteiger charge is -2.43. The number of nitrogens with one attached hydrogen (secondary N) is 1. The van der Waals surface area contributed by atoms with Crippen LogP contribution in [0.3, 0.4) is 0 Å². The second kappa shape index (κ2) is 7.28. The third kappa shape index (κ3) is 3.64. The lowest BCUT2D eigenvalue weighted by Crippen LogP contribution is -2.54. The molecule has 0 aromatic heterocycles. The Morgan fingerprint density at radius 3 is 2.40 bits per heavy atom. The predicted octanol–water partition coefficient (Wildman–Crippen LogP) is 3.15. The highest BCUT2D eigenvalue weighted by atomic mass is 32.2. The number of benzene rings is 2. The minimum atomic E-state index is -3.63. The standard InChI is InChI=1S/C20H25NO3S/c1-16-10-12-18(13-11-16)25(23,24)21-19-9-5-6-14-20(19,15-22)17-7-3-2-4-8-17/h2-4,7-8,10-13,19,21-22H,5-6,9,14-15H2,1H3/t19-,20-/m0/s1. The second-order valence-electron chi connectivity index (χ2n) is 6.91. The zero-order chi connectivity index (χ0) is 17.9. The normalized spacial score (nSPS) is 24.2. The summed E-state index contributed by atoms with van der Waals surface area (Å²) in [6, 6.07) is 16.3. The van der Waals surface area contributed by atoms with Crippen molar-refractivity contribution >= 4 is 10.0 Å². The van der Waals surface area contributed by atoms with Gasteiger partial charge in [0.2, 0.25) is 10.0 Å². The summed E-state index contributed by atoms with van der Waals surface area (Å²) >= 11 is 0. The molecule has 3 rings (SSSR count). The van der Waals surface area contributed by atoms with E-state index >= 15 is 0 Å². The highest BCUT2D eigenvalue weighted by Gasteiger charge is 2.43. The molecule has 0 spiro atoms. The number of hydrogen-bond acceptors (Lipinski definition) is 3. The van der Waals surface area contributed by atoms with E-state index in [2.05, 4.69) is 4.72 Å². The molecule has 2 N–H and O–H groups in total. The predicted molar refractivity (Wildman–Crippen MR) is 99.0 cm³/mol. The lowest BCUT2D eigenvalue weighted by molar-refractivity contribution is 0.124. The molecule has 1 aliphatic rings. The molecule has 1 saturated carbocycles. The van der Waals surface area contributed by atoms with Crippen LogP contribution in [0.5, 0.6) is 0 Å². The van der Waals surface area contributed by atoms with E-state index in [9.17, 15) is 13.5 Å². The fourth-order valence-corrected chi connectivity index (χ4v) is 5.13. The van der Waals surface area contributed by atoms with Crippen LogP contribution in [0.2, 0.25) is 0 Å². The van der Waals surface area contributed by atoms with Gasteiger partial charge in [0.1, 0.15) is 0 Å². The molecular weight excluding hydrogens is 334 g/mol. The Morgan fingerprint density at radius 2 is 1.76 bits per heavy atom. The second-order valence-corrected chi connectivity index (χ2v) is 8.63. The van der Waals surface area contributed by atoms with Gasteiger partial charge >= 0.3 is 0 Å². The van der Waals surface area contributed by atoms with Crippen LogP contribution in [-0.4, -0.2) is 26.2 Å². The number of aliphatic hydroxyl groups excluding tert-OH is 1. The topological polar surface area (TPSA) is 66.4 Å². The van der Waals surface area contributed by atoms with Crippen molar-refractivity contribution in [1.29, 1.82) is 0 Å². The van der Waals surface area contributed by atoms with Gasteiger partial charge in [-0.3, -0.25) is 0 Å². The molecule has 0 bridgehead atoms. The summed E-state index contributed by atoms with van der Waals surface area (Å²) in [7, 11) is -3.63. The SMILES string of the molecule is Cc1ccc(S(=O)(=O)N[C@H]2CCCC[C@]2(CO)c2ccccc2)cc1. The van der Waals surface area contributed by atoms with E-state index in [1.54, 1.807) is 24.3 Å². The summed E-state index contributed by atoms with van der Waals surface area (Å²) in [4.78, 5) is 0.267. The smallest absolute Gasteiger partial charge is 0.240 e. The van der Waals surface area contributed by atoms with Crippen molar-refractivity contribution in [2.75, 3.05) is 6.61 Å². The summed E-state index contributed by atoms with van der Waals surface area (Å²) in [5, 5.41) is 10.2. The zero-order valence-electron chi connectivity index (χ0n) is 14.5. The molecule has 2 atom stereocenters. The molecule has 25 heavy (non-hydrogen) atoms. The van der Waals surface area contributed by atoms with Gasteiger partial charge < -0.3 is 5.11 Å². The molecule has 0 aliphatic heterocycles. The molecule has 0 radical (unpaired) electrons. The third-order valence-electron chi connectivity index (χ3n) is 5.29. The van der Waals surface area contributed by atoms with E-state index in [1.807, 2.05) is 37.3 Å². The Morgan fingerprint density at radius 1 is 1.08 bits per heavy atom. The highest BCUT2D eigenvalue weighted by molar-refractivity contribution is 7.89. The Bertz CT molecular complexity index is 803. The number of aryl methyl sites for hydroxylation is 1. The number of hydrogen-bond donors (Lipinski definition) is 2. The molecule has 0 heterocycles. The first kappa shape index (κ1) is 18.1. The summed E-state index contributed by atoms with van der Waals surface area (Å²) in [5.41, 5.74) is 1.44. The first-order valence-electron chi connectivity index (χ1n) is 8.73. The van der Waals surface area contributed by atoms with Gasteiger partial charge in [0.15, 0.2) is 0 Å². The molecule has 134 valence electrons. The molecule has 5 heteroatoms. The van der Waals surface area contributed by atoms with Gasteiger partial charge in [-0.15, -0.1) is 0 Å². The van der Waals surface area contributed by atoms with Crippen molar-refractivity contribution < 1.29 is 13.5 Å². The first-order chi connectivity index (χ1) is 12.0. The van der Waals surface area contributed by atoms with Crippen molar-refractivity contribution in [3.63, 3.8) is 0 Å². The average Bonchev–Trinajstić information content (AvgIpc) is 2.63. The van der Waals surface area contributed by atoms with Crippen molar-refractivity contribution in [1.82, 2.24) is 4.72 Å². The molecule has 1 aliphatic carbocycles. The van der Waals surface area contributed by atoms with Crippen LogP contribution in [0.1, 0.15) is 36.8 Å². The zero-order valence-corrected chi connectivity index (χ0v) is 15.3. The number of sulfonamides is 1. The fourth-order valence-electron chi connectivity index (χ4n) is 3.78. The minimum Gasteiger partial charge on any atom is -0.395 e. The lowest BCUT2D eigenvalue weighted by atomic mass is 9.67. The van der Waals surface area contributed by atoms with Crippen LogP contribution in [0.25, 0.3) is 0 Å². The molecule has 1 fully saturated rings. The quantitative estimate of drug-likeness (QED) is 0.862. The van der Waals surface area contributed by atoms with Crippen LogP contribution in [0.4, 0.5) is 0 Å². The Hall–Kier alpha value is -1.69. The maximum Gasteiger partial charge on any atom is 0.240 e. The fraction of sp³-hybridized carbons (Fsp3) is 0.400. The van der Waals surface area contributed by atoms with Gasteiger partial charge in [-0.05, 0) is 37.5 Å². The monoisotopic (exact) mass is 359 g/mol. The van der Waals surface area contributed by atoms with E-state index in [0.717, 1.165) is 36.8 Å². The largest absolute Gasteiger partial charge is 0.395 e. The molecule has 2 aromatic carbocycles. The van der Waals surface area contributed by atoms with Crippen molar-refractivity contribution in [2.24, 2.45) is 0 Å². The van der Waals surface area contributed by atoms with Gasteiger partial charge in [0.25, 0.3) is 0 Å². The maximum atomic E-state index is 12.9. The van der Waals surface area contributed by atoms with E-state index in [4.69, 9.17) is 0 Å². The van der Waals surface area contributed by atoms with E-state index in [1.165, 1.54) is 0 Å². The van der Waals surface area contributed by atoms with Crippen molar-refractivity contribution in [3.8, 4) is 0 Å². The van der Waals surface area contributed by atoms with Crippen molar-refractivity contribution in [2.45, 2.75) is 49.0 Å². The Kier molecular flexibility index (Phi) is 5.27. The van der Waals surface area contributed by atoms with Gasteiger partial charge in [0.05, 0.1) is 11.5 Å². The average molecular weight is 359 g/mol. The summed E-state index contributed by atoms with van der Waals surface area (Å²) in [6.07, 6.45) is 3.43. The van der Waals surface area contributed by atoms with Gasteiger partial charge in [-0.2, -0.15) is 0 Å². The highest BCUT2D eigenvalue weighted by Crippen LogP contribution is 2.40. The van der Waals surface area contributed by atoms with E-state index < -0.39 is 15.4 Å². The van der Waals surface area contributed by atoms with Crippen LogP contribution in [-0.2, 0) is 15.4 Å². The summed E-state index contributed by atoms with van der Waals surface area (Å²) in [6.45, 7) is 1.86. The van der Waals surface area contributed by atoms with Gasteiger partial charge in [0, 0.05) is 11.5 Å². The Labute approximate surface area is 150 Å². The van der Waals surface area contributed by atoms with Gasteiger partial charge in [-0.1, -0.05) is 60.9 Å². The molecule has 0 unspecified atom stereocenters. The molecule has 2 aromatic rings. The van der Waals surface area contributed by atoms with Crippen LogP contribution < -0.4 is 4.72 Å². The van der Waals surface area contributed by atoms with Gasteiger partial charge in [-0.25, -0.2) is 13.1 Å². The van der Waals surface area contributed by atoms with E-state index in [-0.39, 0.29) is 17.5 Å². The third-order valence-corrected chi connectivity index (χ3v) is 6.78. The molecular formula is C20H25NO3S. The Balaban J connectivity index is 1.94. The van der Waals surface area contributed by atoms with Crippen LogP contribution in [0, 0.1) is 6.92 Å². The number of aliphatic hydroxyl groups is 1. The minimum absolute atomic E-state index is 0.0713. The van der Waals surface area contributed by atoms with Crippen LogP contribution in [0.15, 0.2) is 59.5 Å². The first-order valence-corrected chi connectivity index (χ1v) is 10.2. The van der Waals surface area contributed by atoms with Crippen LogP contribution >= 0.6 is 0 Å². The molecule has 0 saturated heterocycles.